The van der Waals surface area contributed by atoms with Gasteiger partial charge in [0.15, 0.2) is 0 Å². The average Bonchev–Trinajstić information content (AvgIpc) is 2.66. The maximum Gasteiger partial charge on any atom is 0.221 e. The first-order valence-electron chi connectivity index (χ1n) is 8.79. The topological polar surface area (TPSA) is 64.9 Å². The van der Waals surface area contributed by atoms with Crippen molar-refractivity contribution in [1.29, 1.82) is 5.26 Å². The molecule has 0 spiro atoms. The van der Waals surface area contributed by atoms with Crippen LogP contribution in [0.3, 0.4) is 0 Å². The summed E-state index contributed by atoms with van der Waals surface area (Å²) >= 11 is 0. The molecule has 2 atom stereocenters. The Bertz CT molecular complexity index is 818. The molecule has 0 aromatic heterocycles. The van der Waals surface area contributed by atoms with E-state index in [0.717, 1.165) is 28.9 Å². The van der Waals surface area contributed by atoms with Crippen molar-refractivity contribution in [2.75, 3.05) is 10.6 Å². The maximum atomic E-state index is 11.6. The molecule has 0 bridgehead atoms. The molecule has 26 heavy (non-hydrogen) atoms. The van der Waals surface area contributed by atoms with Crippen molar-refractivity contribution >= 4 is 23.4 Å². The van der Waals surface area contributed by atoms with Crippen LogP contribution < -0.4 is 10.6 Å². The Morgan fingerprint density at radius 2 is 1.96 bits per heavy atom. The van der Waals surface area contributed by atoms with Crippen LogP contribution in [0, 0.1) is 17.2 Å². The summed E-state index contributed by atoms with van der Waals surface area (Å²) < 4.78 is 0. The fourth-order valence-corrected chi connectivity index (χ4v) is 2.85. The van der Waals surface area contributed by atoms with Crippen LogP contribution in [0.2, 0.25) is 0 Å². The fraction of sp³-hybridized carbons (Fsp3) is 0.273. The molecule has 0 saturated carbocycles. The van der Waals surface area contributed by atoms with E-state index in [9.17, 15) is 4.79 Å². The van der Waals surface area contributed by atoms with Crippen molar-refractivity contribution in [3.05, 3.63) is 65.7 Å². The van der Waals surface area contributed by atoms with E-state index in [-0.39, 0.29) is 11.9 Å². The van der Waals surface area contributed by atoms with Gasteiger partial charge in [0.25, 0.3) is 0 Å². The van der Waals surface area contributed by atoms with Crippen molar-refractivity contribution in [2.45, 2.75) is 33.2 Å². The van der Waals surface area contributed by atoms with Crippen LogP contribution in [0.25, 0.3) is 6.08 Å². The molecule has 2 N–H and O–H groups in total. The van der Waals surface area contributed by atoms with E-state index in [1.807, 2.05) is 24.3 Å². The molecule has 1 amide bonds. The number of benzene rings is 2. The molecule has 0 aliphatic heterocycles. The van der Waals surface area contributed by atoms with Gasteiger partial charge in [-0.1, -0.05) is 39.0 Å². The Morgan fingerprint density at radius 1 is 1.27 bits per heavy atom. The number of anilines is 2. The van der Waals surface area contributed by atoms with Gasteiger partial charge in [-0.3, -0.25) is 4.79 Å². The molecule has 134 valence electrons. The number of rotatable bonds is 7. The molecular weight excluding hydrogens is 322 g/mol. The van der Waals surface area contributed by atoms with Crippen molar-refractivity contribution in [3.63, 3.8) is 0 Å². The molecule has 0 fully saturated rings. The summed E-state index contributed by atoms with van der Waals surface area (Å²) in [4.78, 5) is 11.6. The molecule has 0 radical (unpaired) electrons. The maximum absolute atomic E-state index is 11.6. The predicted molar refractivity (Wildman–Crippen MR) is 108 cm³/mol. The lowest BCUT2D eigenvalue weighted by Crippen LogP contribution is -2.21. The van der Waals surface area contributed by atoms with Crippen LogP contribution in [0.1, 0.15) is 49.9 Å². The van der Waals surface area contributed by atoms with Crippen LogP contribution in [0.5, 0.6) is 0 Å². The second-order valence-corrected chi connectivity index (χ2v) is 6.43. The summed E-state index contributed by atoms with van der Waals surface area (Å²) in [6.07, 6.45) is 2.78. The number of nitrogens with zero attached hydrogens (tertiary/aromatic N) is 1. The highest BCUT2D eigenvalue weighted by atomic mass is 16.1. The normalized spacial score (nSPS) is 12.5. The highest BCUT2D eigenvalue weighted by Gasteiger charge is 2.22. The van der Waals surface area contributed by atoms with Gasteiger partial charge < -0.3 is 10.6 Å². The van der Waals surface area contributed by atoms with Crippen LogP contribution in [0.4, 0.5) is 11.4 Å². The highest BCUT2D eigenvalue weighted by Crippen LogP contribution is 2.34. The first kappa shape index (κ1) is 19.3. The van der Waals surface area contributed by atoms with Gasteiger partial charge >= 0.3 is 0 Å². The molecule has 0 heterocycles. The van der Waals surface area contributed by atoms with E-state index in [1.165, 1.54) is 6.92 Å². The quantitative estimate of drug-likeness (QED) is 0.708. The molecule has 4 heteroatoms. The lowest BCUT2D eigenvalue weighted by Gasteiger charge is -2.28. The second kappa shape index (κ2) is 8.87. The summed E-state index contributed by atoms with van der Waals surface area (Å²) in [5.74, 6) is 0.233. The first-order chi connectivity index (χ1) is 12.5. The Labute approximate surface area is 155 Å². The highest BCUT2D eigenvalue weighted by molar-refractivity contribution is 5.90. The number of nitriles is 1. The SMILES string of the molecule is C=Cc1ccc(NC(C)=O)c(C(Nc2ccc(C#N)cc2)C(C)CC)c1. The van der Waals surface area contributed by atoms with Crippen LogP contribution in [0.15, 0.2) is 49.0 Å². The monoisotopic (exact) mass is 347 g/mol. The largest absolute Gasteiger partial charge is 0.378 e. The van der Waals surface area contributed by atoms with Crippen LogP contribution in [-0.4, -0.2) is 5.91 Å². The Kier molecular flexibility index (Phi) is 6.57. The number of amides is 1. The van der Waals surface area contributed by atoms with Crippen LogP contribution in [-0.2, 0) is 4.79 Å². The number of nitrogens with one attached hydrogen (secondary N) is 2. The number of hydrogen-bond acceptors (Lipinski definition) is 3. The van der Waals surface area contributed by atoms with Gasteiger partial charge in [-0.15, -0.1) is 0 Å². The van der Waals surface area contributed by atoms with Gasteiger partial charge in [-0.2, -0.15) is 5.26 Å². The molecule has 4 nitrogen and oxygen atoms in total. The van der Waals surface area contributed by atoms with Gasteiger partial charge in [-0.05, 0) is 53.4 Å². The zero-order valence-corrected chi connectivity index (χ0v) is 15.5. The summed E-state index contributed by atoms with van der Waals surface area (Å²) in [6, 6.07) is 15.5. The lowest BCUT2D eigenvalue weighted by atomic mass is 9.89. The molecule has 2 aromatic carbocycles. The minimum Gasteiger partial charge on any atom is -0.378 e. The molecular formula is C22H25N3O. The standard InChI is InChI=1S/C22H25N3O/c1-5-15(3)22(25-19-10-7-18(14-23)8-11-19)20-13-17(6-2)9-12-21(20)24-16(4)26/h6-13,15,22,25H,2,5H2,1,3-4H3,(H,24,26). The lowest BCUT2D eigenvalue weighted by molar-refractivity contribution is -0.114. The molecule has 0 aliphatic rings. The van der Waals surface area contributed by atoms with E-state index in [4.69, 9.17) is 5.26 Å². The third-order valence-corrected chi connectivity index (χ3v) is 4.51. The van der Waals surface area contributed by atoms with E-state index < -0.39 is 0 Å². The van der Waals surface area contributed by atoms with Crippen molar-refractivity contribution in [2.24, 2.45) is 5.92 Å². The third kappa shape index (κ3) is 4.73. The summed E-state index contributed by atoms with van der Waals surface area (Å²) in [5, 5.41) is 15.5. The smallest absolute Gasteiger partial charge is 0.221 e. The molecule has 2 rings (SSSR count). The van der Waals surface area contributed by atoms with Crippen LogP contribution >= 0.6 is 0 Å². The van der Waals surface area contributed by atoms with Crippen molar-refractivity contribution in [1.82, 2.24) is 0 Å². The van der Waals surface area contributed by atoms with E-state index >= 15 is 0 Å². The van der Waals surface area contributed by atoms with Crippen molar-refractivity contribution < 1.29 is 4.79 Å². The van der Waals surface area contributed by atoms with Crippen molar-refractivity contribution in [3.8, 4) is 6.07 Å². The average molecular weight is 347 g/mol. The summed E-state index contributed by atoms with van der Waals surface area (Å²) in [5.41, 5.74) is 4.39. The Balaban J connectivity index is 2.46. The fourth-order valence-electron chi connectivity index (χ4n) is 2.85. The second-order valence-electron chi connectivity index (χ2n) is 6.43. The molecule has 0 aliphatic carbocycles. The number of carbonyl (C=O) groups excluding carboxylic acids is 1. The number of hydrogen-bond donors (Lipinski definition) is 2. The van der Waals surface area contributed by atoms with Gasteiger partial charge in [0.05, 0.1) is 17.7 Å². The van der Waals surface area contributed by atoms with Gasteiger partial charge in [0.1, 0.15) is 0 Å². The van der Waals surface area contributed by atoms with E-state index in [0.29, 0.717) is 11.5 Å². The summed E-state index contributed by atoms with van der Waals surface area (Å²) in [7, 11) is 0. The Morgan fingerprint density at radius 3 is 2.50 bits per heavy atom. The van der Waals surface area contributed by atoms with Gasteiger partial charge in [0.2, 0.25) is 5.91 Å². The summed E-state index contributed by atoms with van der Waals surface area (Å²) in [6.45, 7) is 9.69. The third-order valence-electron chi connectivity index (χ3n) is 4.51. The minimum atomic E-state index is -0.0983. The van der Waals surface area contributed by atoms with Gasteiger partial charge in [-0.25, -0.2) is 0 Å². The first-order valence-corrected chi connectivity index (χ1v) is 8.79. The molecule has 2 aromatic rings. The Hall–Kier alpha value is -3.06. The zero-order chi connectivity index (χ0) is 19.1. The predicted octanol–water partition coefficient (Wildman–Crippen LogP) is 5.36. The molecule has 2 unspecified atom stereocenters. The van der Waals surface area contributed by atoms with E-state index in [1.54, 1.807) is 18.2 Å². The van der Waals surface area contributed by atoms with Gasteiger partial charge in [0, 0.05) is 18.3 Å². The minimum absolute atomic E-state index is 0.00897. The van der Waals surface area contributed by atoms with E-state index in [2.05, 4.69) is 43.2 Å². The number of carbonyl (C=O) groups is 1. The zero-order valence-electron chi connectivity index (χ0n) is 15.5. The molecule has 0 saturated heterocycles.